The lowest BCUT2D eigenvalue weighted by Gasteiger charge is -2.19. The fourth-order valence-corrected chi connectivity index (χ4v) is 6.74. The molecule has 0 bridgehead atoms. The van der Waals surface area contributed by atoms with Crippen LogP contribution in [0.3, 0.4) is 0 Å². The first-order valence-corrected chi connectivity index (χ1v) is 16.8. The molecule has 1 amide bonds. The summed E-state index contributed by atoms with van der Waals surface area (Å²) < 4.78 is 42.8. The number of aliphatic hydroxyl groups is 1. The van der Waals surface area contributed by atoms with Gasteiger partial charge in [-0.25, -0.2) is 0 Å². The van der Waals surface area contributed by atoms with Crippen LogP contribution in [0.5, 0.6) is 0 Å². The number of pyridine rings is 2. The Balaban J connectivity index is 1.23. The largest absolute Gasteiger partial charge is 0.416 e. The van der Waals surface area contributed by atoms with Crippen LogP contribution in [0.15, 0.2) is 60.9 Å². The standard InChI is InChI=1S/C39H39F3N6O2/c1-25-18-28(34(39(40,41)42)19-29(25)23-47-15-3-4-16-47)9-11-36-33(20-43)32(12-14-44-36)31-6-5-7-35(26(31)2)46-38(50)37-10-8-27(21-45-37)22-48-17-13-30(49)24-48/h5-12,14,18-19,21,30,49H,3-4,13,15-17,22-24H2,1-2H3,(H,46,50)/b11-9+/t30-/m1/s1. The Bertz CT molecular complexity index is 1950. The van der Waals surface area contributed by atoms with E-state index in [9.17, 15) is 28.3 Å². The second-order valence-corrected chi connectivity index (χ2v) is 13.1. The van der Waals surface area contributed by atoms with Crippen LogP contribution < -0.4 is 5.32 Å². The van der Waals surface area contributed by atoms with Gasteiger partial charge in [0.05, 0.1) is 22.9 Å². The van der Waals surface area contributed by atoms with E-state index in [4.69, 9.17) is 0 Å². The van der Waals surface area contributed by atoms with Crippen molar-refractivity contribution < 1.29 is 23.1 Å². The summed E-state index contributed by atoms with van der Waals surface area (Å²) in [7, 11) is 0. The average molecular weight is 681 g/mol. The number of hydrogen-bond donors (Lipinski definition) is 2. The van der Waals surface area contributed by atoms with E-state index in [2.05, 4.69) is 31.2 Å². The van der Waals surface area contributed by atoms with Crippen molar-refractivity contribution in [2.45, 2.75) is 58.5 Å². The second-order valence-electron chi connectivity index (χ2n) is 13.1. The van der Waals surface area contributed by atoms with E-state index in [1.807, 2.05) is 26.0 Å². The summed E-state index contributed by atoms with van der Waals surface area (Å²) in [6.45, 7) is 7.97. The van der Waals surface area contributed by atoms with E-state index in [1.54, 1.807) is 36.5 Å². The smallest absolute Gasteiger partial charge is 0.392 e. The Morgan fingerprint density at radius 1 is 1.02 bits per heavy atom. The van der Waals surface area contributed by atoms with Crippen molar-refractivity contribution >= 4 is 23.7 Å². The Kier molecular flexibility index (Phi) is 10.4. The molecule has 4 heterocycles. The lowest BCUT2D eigenvalue weighted by atomic mass is 9.94. The van der Waals surface area contributed by atoms with Crippen molar-refractivity contribution in [1.29, 1.82) is 5.26 Å². The van der Waals surface area contributed by atoms with Crippen molar-refractivity contribution in [3.05, 3.63) is 111 Å². The molecule has 50 heavy (non-hydrogen) atoms. The van der Waals surface area contributed by atoms with E-state index < -0.39 is 17.6 Å². The summed E-state index contributed by atoms with van der Waals surface area (Å²) in [5.41, 5.74) is 4.78. The monoisotopic (exact) mass is 680 g/mol. The molecule has 4 aromatic rings. The number of nitrogens with one attached hydrogen (secondary N) is 1. The number of carbonyl (C=O) groups excluding carboxylic acids is 1. The van der Waals surface area contributed by atoms with Gasteiger partial charge in [0.15, 0.2) is 0 Å². The minimum absolute atomic E-state index is 0.00800. The van der Waals surface area contributed by atoms with E-state index in [0.717, 1.165) is 50.0 Å². The lowest BCUT2D eigenvalue weighted by Crippen LogP contribution is -2.21. The molecule has 0 saturated carbocycles. The number of alkyl halides is 3. The molecule has 258 valence electrons. The van der Waals surface area contributed by atoms with Gasteiger partial charge in [-0.15, -0.1) is 0 Å². The number of aryl methyl sites for hydroxylation is 1. The number of halogens is 3. The predicted octanol–water partition coefficient (Wildman–Crippen LogP) is 7.24. The van der Waals surface area contributed by atoms with Crippen LogP contribution in [0.1, 0.15) is 74.4 Å². The van der Waals surface area contributed by atoms with Gasteiger partial charge in [-0.3, -0.25) is 24.6 Å². The van der Waals surface area contributed by atoms with Crippen LogP contribution in [0.4, 0.5) is 18.9 Å². The van der Waals surface area contributed by atoms with Crippen molar-refractivity contribution in [3.63, 3.8) is 0 Å². The minimum Gasteiger partial charge on any atom is -0.392 e. The molecule has 2 aliphatic rings. The van der Waals surface area contributed by atoms with Crippen LogP contribution in [0.25, 0.3) is 23.3 Å². The lowest BCUT2D eigenvalue weighted by molar-refractivity contribution is -0.137. The van der Waals surface area contributed by atoms with Crippen LogP contribution in [0, 0.1) is 25.2 Å². The number of β-amino-alcohol motifs (C(OH)–C–C–N with tert-alkyl or cyclic N) is 1. The molecule has 2 aliphatic heterocycles. The molecular weight excluding hydrogens is 641 g/mol. The third-order valence-electron chi connectivity index (χ3n) is 9.50. The van der Waals surface area contributed by atoms with Crippen LogP contribution in [-0.2, 0) is 19.3 Å². The van der Waals surface area contributed by atoms with E-state index >= 15 is 0 Å². The molecule has 2 aromatic carbocycles. The number of hydrogen-bond acceptors (Lipinski definition) is 7. The summed E-state index contributed by atoms with van der Waals surface area (Å²) in [5, 5.41) is 22.9. The summed E-state index contributed by atoms with van der Waals surface area (Å²) >= 11 is 0. The number of aromatic nitrogens is 2. The summed E-state index contributed by atoms with van der Waals surface area (Å²) in [5.74, 6) is -0.394. The molecular formula is C39H39F3N6O2. The SMILES string of the molecule is Cc1cc(/C=C/c2nccc(-c3cccc(NC(=O)c4ccc(CN5CC[C@@H](O)C5)cn4)c3C)c2C#N)c(C(F)(F)F)cc1CN1CCCC1. The van der Waals surface area contributed by atoms with Gasteiger partial charge < -0.3 is 10.4 Å². The minimum atomic E-state index is -4.56. The number of rotatable bonds is 9. The number of nitriles is 1. The Labute approximate surface area is 289 Å². The van der Waals surface area contributed by atoms with Crippen LogP contribution in [-0.4, -0.2) is 63.1 Å². The van der Waals surface area contributed by atoms with Gasteiger partial charge in [0, 0.05) is 49.8 Å². The van der Waals surface area contributed by atoms with Crippen molar-refractivity contribution in [3.8, 4) is 17.2 Å². The molecule has 1 atom stereocenters. The highest BCUT2D eigenvalue weighted by Gasteiger charge is 2.34. The number of likely N-dealkylation sites (tertiary alicyclic amines) is 2. The highest BCUT2D eigenvalue weighted by molar-refractivity contribution is 6.03. The highest BCUT2D eigenvalue weighted by atomic mass is 19.4. The van der Waals surface area contributed by atoms with E-state index in [1.165, 1.54) is 24.4 Å². The van der Waals surface area contributed by atoms with Gasteiger partial charge in [0.25, 0.3) is 5.91 Å². The van der Waals surface area contributed by atoms with Crippen LogP contribution >= 0.6 is 0 Å². The molecule has 6 rings (SSSR count). The molecule has 0 radical (unpaired) electrons. The molecule has 2 fully saturated rings. The maximum Gasteiger partial charge on any atom is 0.416 e. The van der Waals surface area contributed by atoms with Crippen molar-refractivity contribution in [2.24, 2.45) is 0 Å². The number of benzene rings is 2. The van der Waals surface area contributed by atoms with Gasteiger partial charge >= 0.3 is 6.18 Å². The Hall–Kier alpha value is -4.89. The van der Waals surface area contributed by atoms with Gasteiger partial charge in [0.2, 0.25) is 0 Å². The normalized spacial score (nSPS) is 17.0. The second kappa shape index (κ2) is 14.9. The maximum absolute atomic E-state index is 14.3. The topological polar surface area (TPSA) is 105 Å². The van der Waals surface area contributed by atoms with Gasteiger partial charge in [-0.1, -0.05) is 30.3 Å². The first-order valence-electron chi connectivity index (χ1n) is 16.8. The zero-order valence-corrected chi connectivity index (χ0v) is 28.1. The number of nitrogens with zero attached hydrogens (tertiary/aromatic N) is 5. The number of carbonyl (C=O) groups is 1. The maximum atomic E-state index is 14.3. The Morgan fingerprint density at radius 2 is 1.82 bits per heavy atom. The van der Waals surface area contributed by atoms with E-state index in [0.29, 0.717) is 47.6 Å². The quantitative estimate of drug-likeness (QED) is 0.192. The highest BCUT2D eigenvalue weighted by Crippen LogP contribution is 2.36. The first-order chi connectivity index (χ1) is 24.0. The van der Waals surface area contributed by atoms with Gasteiger partial charge in [-0.05, 0) is 110 Å². The number of aliphatic hydroxyl groups excluding tert-OH is 1. The van der Waals surface area contributed by atoms with Crippen LogP contribution in [0.2, 0.25) is 0 Å². The zero-order valence-electron chi connectivity index (χ0n) is 28.1. The first kappa shape index (κ1) is 35.0. The van der Waals surface area contributed by atoms with Crippen molar-refractivity contribution in [2.75, 3.05) is 31.5 Å². The number of anilines is 1. The van der Waals surface area contributed by atoms with Gasteiger partial charge in [-0.2, -0.15) is 18.4 Å². The molecule has 2 N–H and O–H groups in total. The third kappa shape index (κ3) is 7.94. The molecule has 2 aromatic heterocycles. The molecule has 0 aliphatic carbocycles. The van der Waals surface area contributed by atoms with Crippen molar-refractivity contribution in [1.82, 2.24) is 19.8 Å². The molecule has 0 unspecified atom stereocenters. The summed E-state index contributed by atoms with van der Waals surface area (Å²) in [4.78, 5) is 26.2. The number of amides is 1. The van der Waals surface area contributed by atoms with Gasteiger partial charge in [0.1, 0.15) is 11.8 Å². The summed E-state index contributed by atoms with van der Waals surface area (Å²) in [6, 6.07) is 15.5. The molecule has 2 saturated heterocycles. The van der Waals surface area contributed by atoms with E-state index in [-0.39, 0.29) is 28.6 Å². The molecule has 11 heteroatoms. The third-order valence-corrected chi connectivity index (χ3v) is 9.50. The fourth-order valence-electron chi connectivity index (χ4n) is 6.74. The Morgan fingerprint density at radius 3 is 2.50 bits per heavy atom. The molecule has 0 spiro atoms. The fraction of sp³-hybridized carbons (Fsp3) is 0.333. The average Bonchev–Trinajstić information content (AvgIpc) is 3.76. The molecule has 8 nitrogen and oxygen atoms in total. The zero-order chi connectivity index (χ0) is 35.4. The summed E-state index contributed by atoms with van der Waals surface area (Å²) in [6.07, 6.45) is 3.99. The predicted molar refractivity (Wildman–Crippen MR) is 187 cm³/mol.